The van der Waals surface area contributed by atoms with E-state index in [1.807, 2.05) is 17.0 Å². The zero-order chi connectivity index (χ0) is 16.1. The molecule has 0 bridgehead atoms. The number of thiazole rings is 1. The maximum Gasteiger partial charge on any atom is 0.178 e. The van der Waals surface area contributed by atoms with Crippen LogP contribution < -0.4 is 0 Å². The van der Waals surface area contributed by atoms with Gasteiger partial charge >= 0.3 is 0 Å². The van der Waals surface area contributed by atoms with Crippen molar-refractivity contribution < 1.29 is 9.47 Å². The molecule has 0 N–H and O–H groups in total. The summed E-state index contributed by atoms with van der Waals surface area (Å²) in [7, 11) is 0. The molecular weight excluding hydrogens is 312 g/mol. The second-order valence-electron chi connectivity index (χ2n) is 5.81. The molecule has 7 heteroatoms. The molecule has 2 aromatic heterocycles. The lowest BCUT2D eigenvalue weighted by Crippen LogP contribution is -2.32. The number of aryl methyl sites for hydroxylation is 2. The summed E-state index contributed by atoms with van der Waals surface area (Å²) in [5.74, 6) is 1.74. The Morgan fingerprint density at radius 1 is 1.30 bits per heavy atom. The van der Waals surface area contributed by atoms with Gasteiger partial charge in [-0.05, 0) is 13.3 Å². The topological polar surface area (TPSA) is 62.1 Å². The molecule has 6 nitrogen and oxygen atoms in total. The third kappa shape index (κ3) is 4.37. The molecule has 0 saturated carbocycles. The molecule has 1 aliphatic heterocycles. The largest absolute Gasteiger partial charge is 0.376 e. The van der Waals surface area contributed by atoms with Crippen LogP contribution in [0.25, 0.3) is 11.5 Å². The van der Waals surface area contributed by atoms with E-state index in [2.05, 4.69) is 11.9 Å². The lowest BCUT2D eigenvalue weighted by Gasteiger charge is -2.23. The highest BCUT2D eigenvalue weighted by molar-refractivity contribution is 7.09. The molecule has 2 aromatic rings. The number of rotatable bonds is 7. The first-order chi connectivity index (χ1) is 11.3. The second-order valence-corrected chi connectivity index (χ2v) is 6.87. The highest BCUT2D eigenvalue weighted by atomic mass is 32.1. The summed E-state index contributed by atoms with van der Waals surface area (Å²) < 4.78 is 13.2. The molecule has 126 valence electrons. The van der Waals surface area contributed by atoms with Crippen LogP contribution in [-0.2, 0) is 22.4 Å². The van der Waals surface area contributed by atoms with Gasteiger partial charge in [-0.15, -0.1) is 11.3 Å². The van der Waals surface area contributed by atoms with E-state index in [9.17, 15) is 0 Å². The quantitative estimate of drug-likeness (QED) is 0.728. The first-order valence-corrected chi connectivity index (χ1v) is 9.19. The average molecular weight is 336 g/mol. The molecule has 23 heavy (non-hydrogen) atoms. The van der Waals surface area contributed by atoms with Crippen molar-refractivity contribution in [3.05, 3.63) is 16.2 Å². The van der Waals surface area contributed by atoms with E-state index in [0.29, 0.717) is 26.4 Å². The number of hydrogen-bond donors (Lipinski definition) is 0. The number of aromatic nitrogens is 4. The van der Waals surface area contributed by atoms with Crippen LogP contribution in [0.3, 0.4) is 0 Å². The van der Waals surface area contributed by atoms with Gasteiger partial charge in [-0.3, -0.25) is 0 Å². The molecule has 1 atom stereocenters. The van der Waals surface area contributed by atoms with Gasteiger partial charge in [0.15, 0.2) is 11.6 Å². The lowest BCUT2D eigenvalue weighted by atomic mass is 10.2. The van der Waals surface area contributed by atoms with Gasteiger partial charge in [0.2, 0.25) is 0 Å². The van der Waals surface area contributed by atoms with E-state index in [-0.39, 0.29) is 6.10 Å². The Bertz CT molecular complexity index is 619. The van der Waals surface area contributed by atoms with Crippen molar-refractivity contribution in [2.45, 2.75) is 52.2 Å². The number of ether oxygens (including phenoxy) is 2. The van der Waals surface area contributed by atoms with Crippen molar-refractivity contribution in [1.29, 1.82) is 0 Å². The Labute approximate surface area is 140 Å². The van der Waals surface area contributed by atoms with Gasteiger partial charge in [0.05, 0.1) is 31.4 Å². The van der Waals surface area contributed by atoms with Gasteiger partial charge in [-0.25, -0.2) is 14.6 Å². The molecule has 1 aliphatic rings. The lowest BCUT2D eigenvalue weighted by molar-refractivity contribution is -0.0945. The maximum atomic E-state index is 5.75. The normalized spacial score (nSPS) is 18.4. The minimum absolute atomic E-state index is 0.0347. The van der Waals surface area contributed by atoms with Gasteiger partial charge in [-0.2, -0.15) is 5.10 Å². The van der Waals surface area contributed by atoms with Gasteiger partial charge in [-0.1, -0.05) is 19.8 Å². The zero-order valence-electron chi connectivity index (χ0n) is 13.8. The van der Waals surface area contributed by atoms with Gasteiger partial charge in [0.25, 0.3) is 0 Å². The minimum atomic E-state index is 0.0347. The minimum Gasteiger partial charge on any atom is -0.376 e. The van der Waals surface area contributed by atoms with Crippen molar-refractivity contribution in [3.63, 3.8) is 0 Å². The zero-order valence-corrected chi connectivity index (χ0v) is 14.6. The fourth-order valence-corrected chi connectivity index (χ4v) is 3.24. The summed E-state index contributed by atoms with van der Waals surface area (Å²) in [6, 6.07) is 0. The number of unbranched alkanes of at least 4 members (excludes halogenated alkanes) is 2. The molecule has 1 fully saturated rings. The number of hydrogen-bond acceptors (Lipinski definition) is 6. The van der Waals surface area contributed by atoms with E-state index in [4.69, 9.17) is 19.6 Å². The van der Waals surface area contributed by atoms with Crippen molar-refractivity contribution in [3.8, 4) is 11.5 Å². The van der Waals surface area contributed by atoms with Crippen LogP contribution in [0.5, 0.6) is 0 Å². The fraction of sp³-hybridized carbons (Fsp3) is 0.688. The van der Waals surface area contributed by atoms with E-state index in [1.54, 1.807) is 11.3 Å². The molecular formula is C16H24N4O2S. The van der Waals surface area contributed by atoms with Crippen LogP contribution in [-0.4, -0.2) is 45.7 Å². The molecule has 3 rings (SSSR count). The summed E-state index contributed by atoms with van der Waals surface area (Å²) in [5, 5.41) is 7.78. The standard InChI is InChI=1S/C16H24N4O2S/c1-3-4-5-6-15-18-16(14-11-23-12(2)17-14)20(19-15)9-13-10-21-7-8-22-13/h11,13H,3-10H2,1-2H3/t13-/m0/s1. The first-order valence-electron chi connectivity index (χ1n) is 8.32. The predicted molar refractivity (Wildman–Crippen MR) is 89.7 cm³/mol. The maximum absolute atomic E-state index is 5.75. The molecule has 0 aromatic carbocycles. The third-order valence-corrected chi connectivity index (χ3v) is 4.60. The van der Waals surface area contributed by atoms with Crippen LogP contribution in [0.15, 0.2) is 5.38 Å². The Morgan fingerprint density at radius 3 is 2.91 bits per heavy atom. The van der Waals surface area contributed by atoms with E-state index < -0.39 is 0 Å². The summed E-state index contributed by atoms with van der Waals surface area (Å²) in [6.45, 7) is 6.81. The van der Waals surface area contributed by atoms with Crippen LogP contribution in [0.4, 0.5) is 0 Å². The smallest absolute Gasteiger partial charge is 0.178 e. The highest BCUT2D eigenvalue weighted by Gasteiger charge is 2.20. The second kappa shape index (κ2) is 7.99. The predicted octanol–water partition coefficient (Wildman–Crippen LogP) is 2.86. The van der Waals surface area contributed by atoms with Crippen LogP contribution >= 0.6 is 11.3 Å². The Morgan fingerprint density at radius 2 is 2.22 bits per heavy atom. The summed E-state index contributed by atoms with van der Waals surface area (Å²) >= 11 is 1.64. The molecule has 3 heterocycles. The number of nitrogens with zero attached hydrogens (tertiary/aromatic N) is 4. The molecule has 0 aliphatic carbocycles. The fourth-order valence-electron chi connectivity index (χ4n) is 2.65. The van der Waals surface area contributed by atoms with E-state index in [1.165, 1.54) is 12.8 Å². The monoisotopic (exact) mass is 336 g/mol. The highest BCUT2D eigenvalue weighted by Crippen LogP contribution is 2.21. The molecule has 0 amide bonds. The van der Waals surface area contributed by atoms with Crippen molar-refractivity contribution >= 4 is 11.3 Å². The van der Waals surface area contributed by atoms with E-state index in [0.717, 1.165) is 35.2 Å². The van der Waals surface area contributed by atoms with Crippen LogP contribution in [0, 0.1) is 6.92 Å². The summed E-state index contributed by atoms with van der Waals surface area (Å²) in [4.78, 5) is 9.30. The SMILES string of the molecule is CCCCCc1nc(-c2csc(C)n2)n(C[C@H]2COCCO2)n1. The Balaban J connectivity index is 1.79. The molecule has 0 radical (unpaired) electrons. The van der Waals surface area contributed by atoms with E-state index >= 15 is 0 Å². The van der Waals surface area contributed by atoms with Gasteiger partial charge in [0, 0.05) is 11.8 Å². The first kappa shape index (κ1) is 16.5. The Kier molecular flexibility index (Phi) is 5.75. The molecule has 1 saturated heterocycles. The average Bonchev–Trinajstić information content (AvgIpc) is 3.15. The molecule has 0 spiro atoms. The van der Waals surface area contributed by atoms with Crippen LogP contribution in [0.2, 0.25) is 0 Å². The summed E-state index contributed by atoms with van der Waals surface area (Å²) in [6.07, 6.45) is 4.48. The van der Waals surface area contributed by atoms with Crippen molar-refractivity contribution in [1.82, 2.24) is 19.7 Å². The van der Waals surface area contributed by atoms with Crippen molar-refractivity contribution in [2.24, 2.45) is 0 Å². The molecule has 0 unspecified atom stereocenters. The van der Waals surface area contributed by atoms with Crippen molar-refractivity contribution in [2.75, 3.05) is 19.8 Å². The summed E-state index contributed by atoms with van der Waals surface area (Å²) in [5.41, 5.74) is 0.901. The van der Waals surface area contributed by atoms with Gasteiger partial charge in [0.1, 0.15) is 11.8 Å². The van der Waals surface area contributed by atoms with Crippen LogP contribution in [0.1, 0.15) is 37.0 Å². The third-order valence-electron chi connectivity index (χ3n) is 3.83. The van der Waals surface area contributed by atoms with Gasteiger partial charge < -0.3 is 9.47 Å². The Hall–Kier alpha value is -1.31.